The largest absolute Gasteiger partial charge is 0.396 e. The molecule has 102 valence electrons. The van der Waals surface area contributed by atoms with E-state index in [0.717, 1.165) is 32.2 Å². The van der Waals surface area contributed by atoms with Crippen molar-refractivity contribution < 1.29 is 5.11 Å². The van der Waals surface area contributed by atoms with Gasteiger partial charge in [-0.25, -0.2) is 0 Å². The van der Waals surface area contributed by atoms with E-state index in [0.29, 0.717) is 24.3 Å². The molecule has 4 nitrogen and oxygen atoms in total. The molecule has 0 saturated heterocycles. The van der Waals surface area contributed by atoms with E-state index >= 15 is 0 Å². The number of nitrogens with zero attached hydrogens (tertiary/aromatic N) is 1. The zero-order valence-corrected chi connectivity index (χ0v) is 11.6. The second-order valence-corrected chi connectivity index (χ2v) is 5.01. The number of aliphatic hydroxyl groups excluding tert-OH is 1. The second-order valence-electron chi connectivity index (χ2n) is 5.01. The smallest absolute Gasteiger partial charge is 0.188 e. The predicted octanol–water partition coefficient (Wildman–Crippen LogP) is 1.74. The molecule has 4 heteroatoms. The topological polar surface area (TPSA) is 70.6 Å². The summed E-state index contributed by atoms with van der Waals surface area (Å²) in [6.07, 6.45) is 4.17. The molecule has 0 saturated carbocycles. The lowest BCUT2D eigenvalue weighted by Crippen LogP contribution is -2.33. The number of nitrogens with two attached hydrogens (primary N) is 1. The summed E-state index contributed by atoms with van der Waals surface area (Å²) < 4.78 is 0. The number of nitrogens with one attached hydrogen (secondary N) is 1. The van der Waals surface area contributed by atoms with E-state index < -0.39 is 0 Å². The Bertz CT molecular complexity index is 205. The van der Waals surface area contributed by atoms with Gasteiger partial charge in [0.1, 0.15) is 0 Å². The van der Waals surface area contributed by atoms with Gasteiger partial charge in [0.05, 0.1) is 0 Å². The lowest BCUT2D eigenvalue weighted by Gasteiger charge is -2.16. The molecular formula is C13H29N3O. The molecule has 0 rings (SSSR count). The third-order valence-electron chi connectivity index (χ3n) is 2.70. The minimum absolute atomic E-state index is 0.232. The Hall–Kier alpha value is -0.770. The number of hydrogen-bond acceptors (Lipinski definition) is 2. The Labute approximate surface area is 106 Å². The molecule has 0 aliphatic carbocycles. The highest BCUT2D eigenvalue weighted by molar-refractivity contribution is 5.77. The fourth-order valence-electron chi connectivity index (χ4n) is 1.81. The van der Waals surface area contributed by atoms with E-state index in [1.165, 1.54) is 0 Å². The quantitative estimate of drug-likeness (QED) is 0.328. The van der Waals surface area contributed by atoms with E-state index in [9.17, 15) is 0 Å². The Kier molecular flexibility index (Phi) is 9.92. The van der Waals surface area contributed by atoms with Crippen LogP contribution in [0.4, 0.5) is 0 Å². The van der Waals surface area contributed by atoms with E-state index in [1.54, 1.807) is 0 Å². The van der Waals surface area contributed by atoms with Gasteiger partial charge in [-0.05, 0) is 31.1 Å². The number of unbranched alkanes of at least 4 members (excludes halogenated alkanes) is 1. The van der Waals surface area contributed by atoms with Crippen molar-refractivity contribution in [1.29, 1.82) is 0 Å². The molecule has 0 aliphatic rings. The molecule has 4 N–H and O–H groups in total. The van der Waals surface area contributed by atoms with Crippen molar-refractivity contribution in [3.8, 4) is 0 Å². The molecule has 0 fully saturated rings. The highest BCUT2D eigenvalue weighted by atomic mass is 16.3. The van der Waals surface area contributed by atoms with Crippen LogP contribution in [0.25, 0.3) is 0 Å². The maximum Gasteiger partial charge on any atom is 0.188 e. The Balaban J connectivity index is 3.94. The zero-order valence-electron chi connectivity index (χ0n) is 11.6. The van der Waals surface area contributed by atoms with Crippen LogP contribution in [0.5, 0.6) is 0 Å². The van der Waals surface area contributed by atoms with Crippen molar-refractivity contribution >= 4 is 5.96 Å². The average Bonchev–Trinajstić information content (AvgIpc) is 2.26. The first-order valence-corrected chi connectivity index (χ1v) is 6.74. The maximum atomic E-state index is 8.99. The molecule has 0 spiro atoms. The van der Waals surface area contributed by atoms with E-state index in [1.807, 2.05) is 0 Å². The van der Waals surface area contributed by atoms with E-state index in [-0.39, 0.29) is 6.61 Å². The molecule has 0 heterocycles. The lowest BCUT2D eigenvalue weighted by molar-refractivity contribution is 0.246. The van der Waals surface area contributed by atoms with Gasteiger partial charge in [-0.3, -0.25) is 4.99 Å². The summed E-state index contributed by atoms with van der Waals surface area (Å²) in [5.74, 6) is 1.60. The Morgan fingerprint density at radius 2 is 2.12 bits per heavy atom. The monoisotopic (exact) mass is 243 g/mol. The van der Waals surface area contributed by atoms with Crippen LogP contribution in [-0.2, 0) is 0 Å². The van der Waals surface area contributed by atoms with Crippen molar-refractivity contribution in [1.82, 2.24) is 5.32 Å². The molecule has 0 amide bonds. The Morgan fingerprint density at radius 3 is 2.65 bits per heavy atom. The van der Waals surface area contributed by atoms with Crippen LogP contribution in [0.15, 0.2) is 4.99 Å². The fourth-order valence-corrected chi connectivity index (χ4v) is 1.81. The van der Waals surface area contributed by atoms with Crippen molar-refractivity contribution in [2.24, 2.45) is 22.6 Å². The van der Waals surface area contributed by atoms with Gasteiger partial charge in [0.2, 0.25) is 0 Å². The van der Waals surface area contributed by atoms with Crippen LogP contribution in [0, 0.1) is 11.8 Å². The van der Waals surface area contributed by atoms with Gasteiger partial charge in [-0.1, -0.05) is 27.2 Å². The molecule has 1 atom stereocenters. The molecule has 0 aromatic heterocycles. The van der Waals surface area contributed by atoms with E-state index in [2.05, 4.69) is 31.1 Å². The molecule has 0 bridgehead atoms. The molecule has 17 heavy (non-hydrogen) atoms. The van der Waals surface area contributed by atoms with Gasteiger partial charge < -0.3 is 16.2 Å². The number of aliphatic imine (C=N–C) groups is 1. The van der Waals surface area contributed by atoms with Crippen LogP contribution in [0.3, 0.4) is 0 Å². The third-order valence-corrected chi connectivity index (χ3v) is 2.70. The molecule has 0 radical (unpaired) electrons. The normalized spacial score (nSPS) is 14.1. The summed E-state index contributed by atoms with van der Waals surface area (Å²) in [5.41, 5.74) is 5.77. The second kappa shape index (κ2) is 10.4. The molecular weight excluding hydrogens is 214 g/mol. The molecule has 0 aliphatic heterocycles. The summed E-state index contributed by atoms with van der Waals surface area (Å²) in [7, 11) is 0. The van der Waals surface area contributed by atoms with Crippen molar-refractivity contribution in [3.63, 3.8) is 0 Å². The predicted molar refractivity (Wildman–Crippen MR) is 74.0 cm³/mol. The first kappa shape index (κ1) is 16.2. The first-order valence-electron chi connectivity index (χ1n) is 6.74. The summed E-state index contributed by atoms with van der Waals surface area (Å²) >= 11 is 0. The summed E-state index contributed by atoms with van der Waals surface area (Å²) in [6.45, 7) is 8.36. The highest BCUT2D eigenvalue weighted by Crippen LogP contribution is 2.15. The third kappa shape index (κ3) is 10.1. The minimum atomic E-state index is 0.232. The Morgan fingerprint density at radius 1 is 1.41 bits per heavy atom. The first-order chi connectivity index (χ1) is 8.10. The van der Waals surface area contributed by atoms with E-state index in [4.69, 9.17) is 10.8 Å². The standard InChI is InChI=1S/C13H29N3O/c1-4-5-7-15-13(14)16-10-12(6-8-17)9-11(2)3/h11-12,17H,4-10H2,1-3H3,(H3,14,15,16). The van der Waals surface area contributed by atoms with Gasteiger partial charge in [0.15, 0.2) is 5.96 Å². The van der Waals surface area contributed by atoms with Crippen LogP contribution < -0.4 is 11.1 Å². The van der Waals surface area contributed by atoms with Crippen LogP contribution in [0.1, 0.15) is 46.5 Å². The van der Waals surface area contributed by atoms with Gasteiger partial charge in [0.25, 0.3) is 0 Å². The van der Waals surface area contributed by atoms with Crippen molar-refractivity contribution in [2.75, 3.05) is 19.7 Å². The lowest BCUT2D eigenvalue weighted by atomic mass is 9.94. The van der Waals surface area contributed by atoms with Gasteiger partial charge in [0, 0.05) is 19.7 Å². The molecule has 1 unspecified atom stereocenters. The maximum absolute atomic E-state index is 8.99. The van der Waals surface area contributed by atoms with Gasteiger partial charge >= 0.3 is 0 Å². The summed E-state index contributed by atoms with van der Waals surface area (Å²) in [5, 5.41) is 12.1. The van der Waals surface area contributed by atoms with Gasteiger partial charge in [-0.2, -0.15) is 0 Å². The van der Waals surface area contributed by atoms with Gasteiger partial charge in [-0.15, -0.1) is 0 Å². The van der Waals surface area contributed by atoms with Crippen LogP contribution >= 0.6 is 0 Å². The van der Waals surface area contributed by atoms with Crippen molar-refractivity contribution in [3.05, 3.63) is 0 Å². The van der Waals surface area contributed by atoms with Crippen LogP contribution in [-0.4, -0.2) is 30.8 Å². The number of aliphatic hydroxyl groups is 1. The molecule has 0 aromatic rings. The van der Waals surface area contributed by atoms with Crippen LogP contribution in [0.2, 0.25) is 0 Å². The number of hydrogen-bond donors (Lipinski definition) is 3. The number of guanidine groups is 1. The summed E-state index contributed by atoms with van der Waals surface area (Å²) in [4.78, 5) is 4.34. The SMILES string of the molecule is CCCCNC(N)=NCC(CCO)CC(C)C. The fraction of sp³-hybridized carbons (Fsp3) is 0.923. The zero-order chi connectivity index (χ0) is 13.1. The minimum Gasteiger partial charge on any atom is -0.396 e. The number of rotatable bonds is 9. The highest BCUT2D eigenvalue weighted by Gasteiger charge is 2.09. The van der Waals surface area contributed by atoms with Crippen molar-refractivity contribution in [2.45, 2.75) is 46.5 Å². The summed E-state index contributed by atoms with van der Waals surface area (Å²) in [6, 6.07) is 0. The molecule has 0 aromatic carbocycles. The average molecular weight is 243 g/mol.